The molecule has 1 fully saturated rings. The summed E-state index contributed by atoms with van der Waals surface area (Å²) in [6.45, 7) is 1.38. The SMILES string of the molecule is O=C(CSc1ccc(NC(=O)c2ccccc2-c2ccc(C(F)(F)F)cc2)cc1)N[C@H](C(=O)N1CCCC1)c1ccccc1. The van der Waals surface area contributed by atoms with E-state index in [2.05, 4.69) is 10.6 Å². The van der Waals surface area contributed by atoms with Gasteiger partial charge in [-0.15, -0.1) is 11.8 Å². The Balaban J connectivity index is 1.19. The molecule has 0 aliphatic carbocycles. The van der Waals surface area contributed by atoms with E-state index in [1.54, 1.807) is 53.4 Å². The third-order valence-electron chi connectivity index (χ3n) is 7.28. The zero-order chi connectivity index (χ0) is 31.1. The van der Waals surface area contributed by atoms with Crippen molar-refractivity contribution in [3.63, 3.8) is 0 Å². The van der Waals surface area contributed by atoms with Crippen molar-refractivity contribution in [1.29, 1.82) is 0 Å². The van der Waals surface area contributed by atoms with Crippen LogP contribution >= 0.6 is 11.8 Å². The topological polar surface area (TPSA) is 78.5 Å². The molecule has 0 saturated carbocycles. The highest BCUT2D eigenvalue weighted by Gasteiger charge is 2.30. The molecule has 6 nitrogen and oxygen atoms in total. The molecule has 2 N–H and O–H groups in total. The van der Waals surface area contributed by atoms with Crippen LogP contribution in [0.15, 0.2) is 108 Å². The maximum absolute atomic E-state index is 13.2. The second-order valence-corrected chi connectivity index (χ2v) is 11.4. The molecule has 1 atom stereocenters. The van der Waals surface area contributed by atoms with E-state index >= 15 is 0 Å². The van der Waals surface area contributed by atoms with Crippen molar-refractivity contribution >= 4 is 35.2 Å². The van der Waals surface area contributed by atoms with Gasteiger partial charge in [-0.3, -0.25) is 14.4 Å². The fourth-order valence-electron chi connectivity index (χ4n) is 5.01. The van der Waals surface area contributed by atoms with Gasteiger partial charge in [0, 0.05) is 29.2 Å². The van der Waals surface area contributed by atoms with E-state index in [0.717, 1.165) is 35.4 Å². The molecule has 1 saturated heterocycles. The van der Waals surface area contributed by atoms with Crippen LogP contribution in [0.25, 0.3) is 11.1 Å². The lowest BCUT2D eigenvalue weighted by Gasteiger charge is -2.24. The summed E-state index contributed by atoms with van der Waals surface area (Å²) in [5.74, 6) is -0.682. The molecular weight excluding hydrogens is 587 g/mol. The molecule has 4 aromatic carbocycles. The maximum atomic E-state index is 13.2. The summed E-state index contributed by atoms with van der Waals surface area (Å²) in [5.41, 5.74) is 1.82. The lowest BCUT2D eigenvalue weighted by Crippen LogP contribution is -2.42. The summed E-state index contributed by atoms with van der Waals surface area (Å²) >= 11 is 1.31. The first kappa shape index (κ1) is 30.9. The van der Waals surface area contributed by atoms with E-state index in [1.807, 2.05) is 30.3 Å². The summed E-state index contributed by atoms with van der Waals surface area (Å²) in [5, 5.41) is 5.73. The van der Waals surface area contributed by atoms with Gasteiger partial charge in [-0.2, -0.15) is 13.2 Å². The highest BCUT2D eigenvalue weighted by atomic mass is 32.2. The standard InChI is InChI=1S/C34H30F3N3O3S/c35-34(36,37)25-14-12-23(13-15-25)28-10-4-5-11-29(28)32(42)38-26-16-18-27(19-17-26)44-22-30(41)39-31(24-8-2-1-3-9-24)33(43)40-20-6-7-21-40/h1-5,8-19,31H,6-7,20-22H2,(H,38,42)(H,39,41)/t31-/m0/s1. The number of likely N-dealkylation sites (tertiary alicyclic amines) is 1. The average Bonchev–Trinajstić information content (AvgIpc) is 3.58. The molecule has 5 rings (SSSR count). The molecule has 4 aromatic rings. The van der Waals surface area contributed by atoms with E-state index < -0.39 is 23.7 Å². The molecule has 10 heteroatoms. The van der Waals surface area contributed by atoms with Crippen LogP contribution in [0.5, 0.6) is 0 Å². The number of hydrogen-bond donors (Lipinski definition) is 2. The summed E-state index contributed by atoms with van der Waals surface area (Å²) < 4.78 is 39.0. The summed E-state index contributed by atoms with van der Waals surface area (Å²) in [6.07, 6.45) is -2.53. The number of amides is 3. The number of nitrogens with zero attached hydrogens (tertiary/aromatic N) is 1. The monoisotopic (exact) mass is 617 g/mol. The van der Waals surface area contributed by atoms with E-state index in [4.69, 9.17) is 0 Å². The molecule has 0 spiro atoms. The van der Waals surface area contributed by atoms with Crippen LogP contribution in [0.3, 0.4) is 0 Å². The number of alkyl halides is 3. The van der Waals surface area contributed by atoms with Crippen molar-refractivity contribution in [3.8, 4) is 11.1 Å². The summed E-state index contributed by atoms with van der Waals surface area (Å²) in [6, 6.07) is 26.8. The van der Waals surface area contributed by atoms with E-state index in [1.165, 1.54) is 23.9 Å². The zero-order valence-electron chi connectivity index (χ0n) is 23.6. The second-order valence-electron chi connectivity index (χ2n) is 10.3. The molecule has 0 unspecified atom stereocenters. The Hall–Kier alpha value is -4.57. The minimum absolute atomic E-state index is 0.100. The number of nitrogens with one attached hydrogen (secondary N) is 2. The number of hydrogen-bond acceptors (Lipinski definition) is 4. The van der Waals surface area contributed by atoms with Gasteiger partial charge in [-0.05, 0) is 72.0 Å². The zero-order valence-corrected chi connectivity index (χ0v) is 24.5. The normalized spacial score (nSPS) is 13.8. The molecular formula is C34H30F3N3O3S. The number of carbonyl (C=O) groups is 3. The molecule has 0 aromatic heterocycles. The van der Waals surface area contributed by atoms with Gasteiger partial charge in [-0.1, -0.05) is 60.7 Å². The van der Waals surface area contributed by atoms with Crippen LogP contribution in [-0.2, 0) is 15.8 Å². The largest absolute Gasteiger partial charge is 0.416 e. The Morgan fingerprint density at radius 3 is 2.09 bits per heavy atom. The van der Waals surface area contributed by atoms with Gasteiger partial charge in [0.05, 0.1) is 11.3 Å². The van der Waals surface area contributed by atoms with E-state index in [9.17, 15) is 27.6 Å². The molecule has 226 valence electrons. The van der Waals surface area contributed by atoms with Crippen molar-refractivity contribution in [1.82, 2.24) is 10.2 Å². The number of rotatable bonds is 9. The molecule has 0 bridgehead atoms. The van der Waals surface area contributed by atoms with E-state index in [0.29, 0.717) is 35.5 Å². The Morgan fingerprint density at radius 1 is 0.795 bits per heavy atom. The maximum Gasteiger partial charge on any atom is 0.416 e. The van der Waals surface area contributed by atoms with Gasteiger partial charge >= 0.3 is 6.18 Å². The number of halogens is 3. The lowest BCUT2D eigenvalue weighted by molar-refractivity contribution is -0.137. The highest BCUT2D eigenvalue weighted by Crippen LogP contribution is 2.32. The van der Waals surface area contributed by atoms with E-state index in [-0.39, 0.29) is 17.6 Å². The van der Waals surface area contributed by atoms with Crippen LogP contribution in [0, 0.1) is 0 Å². The molecule has 44 heavy (non-hydrogen) atoms. The fraction of sp³-hybridized carbons (Fsp3) is 0.206. The summed E-state index contributed by atoms with van der Waals surface area (Å²) in [7, 11) is 0. The summed E-state index contributed by atoms with van der Waals surface area (Å²) in [4.78, 5) is 41.8. The van der Waals surface area contributed by atoms with Crippen molar-refractivity contribution < 1.29 is 27.6 Å². The van der Waals surface area contributed by atoms with Crippen LogP contribution in [0.2, 0.25) is 0 Å². The Kier molecular flexibility index (Phi) is 9.69. The molecule has 1 heterocycles. The molecule has 3 amide bonds. The van der Waals surface area contributed by atoms with Crippen LogP contribution in [-0.4, -0.2) is 41.5 Å². The Labute approximate surface area is 257 Å². The van der Waals surface area contributed by atoms with Gasteiger partial charge < -0.3 is 15.5 Å². The average molecular weight is 618 g/mol. The first-order chi connectivity index (χ1) is 21.2. The minimum Gasteiger partial charge on any atom is -0.341 e. The second kappa shape index (κ2) is 13.8. The Bertz CT molecular complexity index is 1610. The predicted octanol–water partition coefficient (Wildman–Crippen LogP) is 7.20. The number of benzene rings is 4. The highest BCUT2D eigenvalue weighted by molar-refractivity contribution is 8.00. The third-order valence-corrected chi connectivity index (χ3v) is 8.29. The predicted molar refractivity (Wildman–Crippen MR) is 165 cm³/mol. The fourth-order valence-corrected chi connectivity index (χ4v) is 5.72. The van der Waals surface area contributed by atoms with Crippen molar-refractivity contribution in [2.24, 2.45) is 0 Å². The van der Waals surface area contributed by atoms with Crippen molar-refractivity contribution in [2.75, 3.05) is 24.2 Å². The van der Waals surface area contributed by atoms with Crippen LogP contribution < -0.4 is 10.6 Å². The lowest BCUT2D eigenvalue weighted by atomic mass is 9.98. The number of thioether (sulfide) groups is 1. The quantitative estimate of drug-likeness (QED) is 0.195. The third kappa shape index (κ3) is 7.68. The van der Waals surface area contributed by atoms with Crippen LogP contribution in [0.1, 0.15) is 40.4 Å². The van der Waals surface area contributed by atoms with Gasteiger partial charge in [-0.25, -0.2) is 0 Å². The number of anilines is 1. The van der Waals surface area contributed by atoms with Gasteiger partial charge in [0.15, 0.2) is 0 Å². The number of carbonyl (C=O) groups excluding carboxylic acids is 3. The molecule has 0 radical (unpaired) electrons. The van der Waals surface area contributed by atoms with Crippen molar-refractivity contribution in [3.05, 3.63) is 120 Å². The van der Waals surface area contributed by atoms with Gasteiger partial charge in [0.2, 0.25) is 11.8 Å². The first-order valence-electron chi connectivity index (χ1n) is 14.1. The van der Waals surface area contributed by atoms with Crippen LogP contribution in [0.4, 0.5) is 18.9 Å². The molecule has 1 aliphatic rings. The molecule has 1 aliphatic heterocycles. The minimum atomic E-state index is -4.44. The first-order valence-corrected chi connectivity index (χ1v) is 15.1. The van der Waals surface area contributed by atoms with Gasteiger partial charge in [0.1, 0.15) is 6.04 Å². The van der Waals surface area contributed by atoms with Crippen molar-refractivity contribution in [2.45, 2.75) is 30.0 Å². The smallest absolute Gasteiger partial charge is 0.341 e. The Morgan fingerprint density at radius 2 is 1.43 bits per heavy atom. The van der Waals surface area contributed by atoms with Gasteiger partial charge in [0.25, 0.3) is 5.91 Å².